The van der Waals surface area contributed by atoms with Crippen molar-refractivity contribution >= 4 is 17.5 Å². The molecule has 0 heterocycles. The summed E-state index contributed by atoms with van der Waals surface area (Å²) in [6.45, 7) is 6.49. The van der Waals surface area contributed by atoms with Crippen LogP contribution in [0.3, 0.4) is 0 Å². The van der Waals surface area contributed by atoms with E-state index in [0.29, 0.717) is 19.4 Å². The zero-order valence-electron chi connectivity index (χ0n) is 13.4. The number of hydrogen-bond acceptors (Lipinski definition) is 3. The summed E-state index contributed by atoms with van der Waals surface area (Å²) >= 11 is 5.71. The van der Waals surface area contributed by atoms with Crippen LogP contribution in [0.15, 0.2) is 24.3 Å². The van der Waals surface area contributed by atoms with Crippen LogP contribution in [0.5, 0.6) is 5.75 Å². The van der Waals surface area contributed by atoms with Crippen molar-refractivity contribution in [3.05, 3.63) is 29.8 Å². The lowest BCUT2D eigenvalue weighted by molar-refractivity contribution is -0.136. The number of carbonyl (C=O) groups is 1. The molecule has 0 saturated heterocycles. The molecule has 1 fully saturated rings. The highest BCUT2D eigenvalue weighted by molar-refractivity contribution is 6.27. The Labute approximate surface area is 137 Å². The first-order valence-corrected chi connectivity index (χ1v) is 8.13. The van der Waals surface area contributed by atoms with Crippen molar-refractivity contribution in [2.75, 3.05) is 5.88 Å². The predicted octanol–water partition coefficient (Wildman–Crippen LogP) is 2.95. The van der Waals surface area contributed by atoms with E-state index in [9.17, 15) is 9.90 Å². The summed E-state index contributed by atoms with van der Waals surface area (Å²) in [6, 6.07) is 7.84. The Kier molecular flexibility index (Phi) is 5.35. The fraction of sp³-hybridized carbons (Fsp3) is 0.588. The smallest absolute Gasteiger partial charge is 0.238 e. The molecular formula is C17H24ClNO3. The quantitative estimate of drug-likeness (QED) is 0.847. The van der Waals surface area contributed by atoms with Crippen LogP contribution in [-0.4, -0.2) is 39.5 Å². The van der Waals surface area contributed by atoms with Crippen LogP contribution in [0, 0.1) is 0 Å². The molecule has 1 aliphatic carbocycles. The van der Waals surface area contributed by atoms with Gasteiger partial charge in [0.05, 0.1) is 6.10 Å². The third kappa shape index (κ3) is 4.62. The van der Waals surface area contributed by atoms with Gasteiger partial charge in [-0.1, -0.05) is 12.1 Å². The highest BCUT2D eigenvalue weighted by atomic mass is 35.5. The summed E-state index contributed by atoms with van der Waals surface area (Å²) in [6.07, 6.45) is 0.952. The van der Waals surface area contributed by atoms with Crippen molar-refractivity contribution in [1.82, 2.24) is 4.90 Å². The van der Waals surface area contributed by atoms with E-state index < -0.39 is 0 Å². The minimum Gasteiger partial charge on any atom is -0.488 e. The molecule has 0 radical (unpaired) electrons. The average molecular weight is 326 g/mol. The fourth-order valence-electron chi connectivity index (χ4n) is 2.57. The van der Waals surface area contributed by atoms with Crippen molar-refractivity contribution in [2.45, 2.75) is 57.9 Å². The lowest BCUT2D eigenvalue weighted by Gasteiger charge is -2.40. The topological polar surface area (TPSA) is 49.8 Å². The van der Waals surface area contributed by atoms with Gasteiger partial charge in [0.25, 0.3) is 0 Å². The minimum absolute atomic E-state index is 0.0369. The number of carbonyl (C=O) groups excluding carboxylic acids is 1. The van der Waals surface area contributed by atoms with Crippen LogP contribution < -0.4 is 4.74 Å². The van der Waals surface area contributed by atoms with Crippen molar-refractivity contribution in [3.63, 3.8) is 0 Å². The zero-order valence-corrected chi connectivity index (χ0v) is 14.1. The molecule has 2 rings (SSSR count). The lowest BCUT2D eigenvalue weighted by atomic mass is 9.87. The van der Waals surface area contributed by atoms with Gasteiger partial charge in [0.15, 0.2) is 0 Å². The molecule has 1 amide bonds. The van der Waals surface area contributed by atoms with Crippen LogP contribution in [-0.2, 0) is 11.3 Å². The Balaban J connectivity index is 2.09. The van der Waals surface area contributed by atoms with Crippen molar-refractivity contribution in [3.8, 4) is 5.75 Å². The summed E-state index contributed by atoms with van der Waals surface area (Å²) in [5.41, 5.74) is 0.740. The number of rotatable bonds is 5. The number of aliphatic hydroxyl groups is 1. The zero-order chi connectivity index (χ0) is 16.3. The average Bonchev–Trinajstić information content (AvgIpc) is 2.39. The second-order valence-electron chi connectivity index (χ2n) is 6.80. The van der Waals surface area contributed by atoms with Gasteiger partial charge in [-0.25, -0.2) is 0 Å². The number of halogens is 1. The summed E-state index contributed by atoms with van der Waals surface area (Å²) in [5, 5.41) is 9.47. The number of amides is 1. The third-order valence-electron chi connectivity index (χ3n) is 3.64. The highest BCUT2D eigenvalue weighted by Gasteiger charge is 2.34. The van der Waals surface area contributed by atoms with E-state index in [1.807, 2.05) is 45.0 Å². The number of nitrogens with zero attached hydrogens (tertiary/aromatic N) is 1. The van der Waals surface area contributed by atoms with Gasteiger partial charge in [0.1, 0.15) is 17.2 Å². The SMILES string of the molecule is CC(C)(C)Oc1cccc(CN(C(=O)CCl)C2CC(O)C2)c1. The highest BCUT2D eigenvalue weighted by Crippen LogP contribution is 2.28. The normalized spacial score (nSPS) is 21.1. The molecule has 0 unspecified atom stereocenters. The van der Waals surface area contributed by atoms with Crippen LogP contribution in [0.4, 0.5) is 0 Å². The molecule has 0 spiro atoms. The van der Waals surface area contributed by atoms with E-state index in [0.717, 1.165) is 11.3 Å². The van der Waals surface area contributed by atoms with Crippen LogP contribution in [0.1, 0.15) is 39.2 Å². The molecule has 1 N–H and O–H groups in total. The maximum absolute atomic E-state index is 12.1. The van der Waals surface area contributed by atoms with Gasteiger partial charge in [-0.15, -0.1) is 11.6 Å². The molecule has 4 nitrogen and oxygen atoms in total. The maximum atomic E-state index is 12.1. The Morgan fingerprint density at radius 3 is 2.64 bits per heavy atom. The van der Waals surface area contributed by atoms with Gasteiger partial charge in [-0.2, -0.15) is 0 Å². The first-order chi connectivity index (χ1) is 10.3. The molecule has 0 aliphatic heterocycles. The van der Waals surface area contributed by atoms with E-state index in [2.05, 4.69) is 0 Å². The van der Waals surface area contributed by atoms with Gasteiger partial charge >= 0.3 is 0 Å². The first kappa shape index (κ1) is 17.1. The van der Waals surface area contributed by atoms with Gasteiger partial charge in [-0.05, 0) is 51.3 Å². The molecule has 0 atom stereocenters. The fourth-order valence-corrected chi connectivity index (χ4v) is 2.72. The number of alkyl halides is 1. The van der Waals surface area contributed by atoms with Crippen LogP contribution >= 0.6 is 11.6 Å². The standard InChI is InChI=1S/C17H24ClNO3/c1-17(2,3)22-15-6-4-5-12(7-15)11-19(16(21)10-18)13-8-14(20)9-13/h4-7,13-14,20H,8-11H2,1-3H3. The van der Waals surface area contributed by atoms with Crippen molar-refractivity contribution in [2.24, 2.45) is 0 Å². The summed E-state index contributed by atoms with van der Waals surface area (Å²) < 4.78 is 5.86. The molecule has 122 valence electrons. The van der Waals surface area contributed by atoms with Gasteiger partial charge in [-0.3, -0.25) is 4.79 Å². The lowest BCUT2D eigenvalue weighted by Crippen LogP contribution is -2.49. The molecule has 0 aromatic heterocycles. The molecular weight excluding hydrogens is 302 g/mol. The molecule has 1 aromatic carbocycles. The Morgan fingerprint density at radius 1 is 1.41 bits per heavy atom. The second kappa shape index (κ2) is 6.88. The molecule has 0 bridgehead atoms. The number of benzene rings is 1. The Morgan fingerprint density at radius 2 is 2.09 bits per heavy atom. The van der Waals surface area contributed by atoms with Gasteiger partial charge in [0, 0.05) is 12.6 Å². The number of ether oxygens (including phenoxy) is 1. The molecule has 1 aliphatic rings. The molecule has 5 heteroatoms. The first-order valence-electron chi connectivity index (χ1n) is 7.60. The summed E-state index contributed by atoms with van der Waals surface area (Å²) in [4.78, 5) is 13.8. The van der Waals surface area contributed by atoms with Crippen molar-refractivity contribution in [1.29, 1.82) is 0 Å². The van der Waals surface area contributed by atoms with Crippen LogP contribution in [0.2, 0.25) is 0 Å². The van der Waals surface area contributed by atoms with Gasteiger partial charge in [0.2, 0.25) is 5.91 Å². The Bertz CT molecular complexity index is 521. The summed E-state index contributed by atoms with van der Waals surface area (Å²) in [7, 11) is 0. The van der Waals surface area contributed by atoms with Gasteiger partial charge < -0.3 is 14.7 Å². The van der Waals surface area contributed by atoms with Crippen LogP contribution in [0.25, 0.3) is 0 Å². The molecule has 1 saturated carbocycles. The predicted molar refractivity (Wildman–Crippen MR) is 87.1 cm³/mol. The van der Waals surface area contributed by atoms with E-state index in [1.165, 1.54) is 0 Å². The van der Waals surface area contributed by atoms with E-state index in [1.54, 1.807) is 4.90 Å². The second-order valence-corrected chi connectivity index (χ2v) is 7.06. The van der Waals surface area contributed by atoms with Crippen molar-refractivity contribution < 1.29 is 14.6 Å². The summed E-state index contributed by atoms with van der Waals surface area (Å²) in [5.74, 6) is 0.655. The number of hydrogen-bond donors (Lipinski definition) is 1. The molecule has 1 aromatic rings. The number of aliphatic hydroxyl groups excluding tert-OH is 1. The maximum Gasteiger partial charge on any atom is 0.238 e. The van der Waals surface area contributed by atoms with E-state index in [4.69, 9.17) is 16.3 Å². The third-order valence-corrected chi connectivity index (χ3v) is 3.87. The minimum atomic E-state index is -0.300. The Hall–Kier alpha value is -1.26. The monoisotopic (exact) mass is 325 g/mol. The largest absolute Gasteiger partial charge is 0.488 e. The van der Waals surface area contributed by atoms with E-state index >= 15 is 0 Å². The van der Waals surface area contributed by atoms with E-state index in [-0.39, 0.29) is 29.5 Å². The molecule has 22 heavy (non-hydrogen) atoms.